The second kappa shape index (κ2) is 11.1. The second-order valence-corrected chi connectivity index (χ2v) is 10.3. The molecule has 0 saturated carbocycles. The summed E-state index contributed by atoms with van der Waals surface area (Å²) in [4.78, 5) is 42.4. The maximum atomic E-state index is 11.8. The predicted octanol–water partition coefficient (Wildman–Crippen LogP) is 3.70. The van der Waals surface area contributed by atoms with E-state index in [4.69, 9.17) is 14.7 Å². The van der Waals surface area contributed by atoms with E-state index in [1.54, 1.807) is 12.4 Å². The zero-order valence-electron chi connectivity index (χ0n) is 21.5. The van der Waals surface area contributed by atoms with Gasteiger partial charge in [-0.2, -0.15) is 0 Å². The van der Waals surface area contributed by atoms with Gasteiger partial charge in [0.25, 0.3) is 5.56 Å². The molecule has 1 aromatic carbocycles. The SMILES string of the molecule is CC[C@H]1COCCN1c1nc(-c2ccc(Nc3nc(Br)cc(=O)[nH]3)cc2)nc2c1CCN(c1ncccn1)C2. The van der Waals surface area contributed by atoms with E-state index in [-0.39, 0.29) is 11.6 Å². The summed E-state index contributed by atoms with van der Waals surface area (Å²) in [6.45, 7) is 5.79. The zero-order valence-corrected chi connectivity index (χ0v) is 23.1. The lowest BCUT2D eigenvalue weighted by atomic mass is 10.0. The molecule has 2 aliphatic rings. The lowest BCUT2D eigenvalue weighted by Crippen LogP contribution is -2.47. The number of halogens is 1. The summed E-state index contributed by atoms with van der Waals surface area (Å²) in [5.74, 6) is 2.73. The van der Waals surface area contributed by atoms with Crippen molar-refractivity contribution < 1.29 is 4.74 Å². The van der Waals surface area contributed by atoms with Gasteiger partial charge in [0.1, 0.15) is 10.4 Å². The van der Waals surface area contributed by atoms with Crippen LogP contribution in [0.4, 0.5) is 23.4 Å². The van der Waals surface area contributed by atoms with Gasteiger partial charge in [-0.1, -0.05) is 6.92 Å². The van der Waals surface area contributed by atoms with Crippen molar-refractivity contribution in [2.45, 2.75) is 32.4 Å². The second-order valence-electron chi connectivity index (χ2n) is 9.47. The van der Waals surface area contributed by atoms with Crippen LogP contribution in [-0.2, 0) is 17.7 Å². The molecule has 200 valence electrons. The molecule has 0 bridgehead atoms. The number of rotatable bonds is 6. The van der Waals surface area contributed by atoms with Crippen LogP contribution in [0.15, 0.2) is 58.2 Å². The molecule has 1 fully saturated rings. The average Bonchev–Trinajstić information content (AvgIpc) is 2.96. The van der Waals surface area contributed by atoms with Crippen molar-refractivity contribution in [2.24, 2.45) is 0 Å². The van der Waals surface area contributed by atoms with Gasteiger partial charge in [-0.25, -0.2) is 24.9 Å². The first-order chi connectivity index (χ1) is 19.1. The van der Waals surface area contributed by atoms with Gasteiger partial charge in [-0.3, -0.25) is 9.78 Å². The molecule has 2 N–H and O–H groups in total. The minimum Gasteiger partial charge on any atom is -0.377 e. The molecule has 1 saturated heterocycles. The van der Waals surface area contributed by atoms with Crippen LogP contribution in [-0.4, -0.2) is 62.2 Å². The molecule has 4 aromatic rings. The topological polar surface area (TPSA) is 125 Å². The molecule has 1 atom stereocenters. The fourth-order valence-electron chi connectivity index (χ4n) is 5.00. The molecule has 0 unspecified atom stereocenters. The minimum atomic E-state index is -0.241. The van der Waals surface area contributed by atoms with E-state index in [1.165, 1.54) is 11.6 Å². The Morgan fingerprint density at radius 1 is 1.13 bits per heavy atom. The van der Waals surface area contributed by atoms with Crippen molar-refractivity contribution in [3.63, 3.8) is 0 Å². The molecular formula is C27H28BrN9O2. The number of ether oxygens (including phenoxy) is 1. The number of aromatic amines is 1. The van der Waals surface area contributed by atoms with Gasteiger partial charge in [0.05, 0.1) is 31.5 Å². The van der Waals surface area contributed by atoms with Crippen LogP contribution in [0.3, 0.4) is 0 Å². The van der Waals surface area contributed by atoms with Crippen molar-refractivity contribution >= 4 is 39.3 Å². The quantitative estimate of drug-likeness (QED) is 0.321. The molecule has 0 radical (unpaired) electrons. The monoisotopic (exact) mass is 589 g/mol. The lowest BCUT2D eigenvalue weighted by Gasteiger charge is -2.39. The molecular weight excluding hydrogens is 562 g/mol. The molecule has 0 aliphatic carbocycles. The molecule has 11 nitrogen and oxygen atoms in total. The Bertz CT molecular complexity index is 1510. The van der Waals surface area contributed by atoms with Gasteiger partial charge in [0.2, 0.25) is 11.9 Å². The van der Waals surface area contributed by atoms with Crippen LogP contribution in [0, 0.1) is 0 Å². The van der Waals surface area contributed by atoms with Crippen LogP contribution in [0.25, 0.3) is 11.4 Å². The van der Waals surface area contributed by atoms with E-state index >= 15 is 0 Å². The fraction of sp³-hybridized carbons (Fsp3) is 0.333. The van der Waals surface area contributed by atoms with Gasteiger partial charge in [0.15, 0.2) is 5.82 Å². The largest absolute Gasteiger partial charge is 0.377 e. The van der Waals surface area contributed by atoms with Gasteiger partial charge < -0.3 is 19.9 Å². The Labute approximate surface area is 233 Å². The number of nitrogens with zero attached hydrogens (tertiary/aromatic N) is 7. The molecule has 39 heavy (non-hydrogen) atoms. The third kappa shape index (κ3) is 5.48. The summed E-state index contributed by atoms with van der Waals surface area (Å²) in [5, 5.41) is 3.13. The van der Waals surface area contributed by atoms with E-state index in [2.05, 4.69) is 57.9 Å². The number of aromatic nitrogens is 6. The predicted molar refractivity (Wildman–Crippen MR) is 152 cm³/mol. The highest BCUT2D eigenvalue weighted by Gasteiger charge is 2.30. The van der Waals surface area contributed by atoms with Crippen molar-refractivity contribution in [1.82, 2.24) is 29.9 Å². The number of hydrogen-bond donors (Lipinski definition) is 2. The molecule has 6 rings (SSSR count). The Morgan fingerprint density at radius 2 is 1.95 bits per heavy atom. The molecule has 5 heterocycles. The summed E-state index contributed by atoms with van der Waals surface area (Å²) >= 11 is 3.26. The van der Waals surface area contributed by atoms with Crippen LogP contribution < -0.4 is 20.7 Å². The van der Waals surface area contributed by atoms with Gasteiger partial charge in [0, 0.05) is 48.4 Å². The van der Waals surface area contributed by atoms with Crippen LogP contribution in [0.2, 0.25) is 0 Å². The Balaban J connectivity index is 1.35. The maximum absolute atomic E-state index is 11.8. The molecule has 3 aromatic heterocycles. The maximum Gasteiger partial charge on any atom is 0.253 e. The molecule has 0 amide bonds. The number of morpholine rings is 1. The van der Waals surface area contributed by atoms with Gasteiger partial charge >= 0.3 is 0 Å². The molecule has 2 aliphatic heterocycles. The third-order valence-electron chi connectivity index (χ3n) is 6.97. The summed E-state index contributed by atoms with van der Waals surface area (Å²) in [6.07, 6.45) is 5.33. The Morgan fingerprint density at radius 3 is 2.72 bits per heavy atom. The van der Waals surface area contributed by atoms with Crippen LogP contribution >= 0.6 is 15.9 Å². The van der Waals surface area contributed by atoms with Crippen LogP contribution in [0.1, 0.15) is 24.6 Å². The van der Waals surface area contributed by atoms with Crippen molar-refractivity contribution in [2.75, 3.05) is 41.4 Å². The highest BCUT2D eigenvalue weighted by Crippen LogP contribution is 2.33. The number of fused-ring (bicyclic) bond motifs is 1. The minimum absolute atomic E-state index is 0.241. The van der Waals surface area contributed by atoms with Crippen molar-refractivity contribution in [3.05, 3.63) is 75.0 Å². The number of benzene rings is 1. The number of anilines is 4. The molecule has 12 heteroatoms. The molecule has 0 spiro atoms. The van der Waals surface area contributed by atoms with E-state index < -0.39 is 0 Å². The highest BCUT2D eigenvalue weighted by molar-refractivity contribution is 9.10. The summed E-state index contributed by atoms with van der Waals surface area (Å²) in [6, 6.07) is 11.3. The number of nitrogens with one attached hydrogen (secondary N) is 2. The van der Waals surface area contributed by atoms with Gasteiger partial charge in [-0.05, 0) is 59.1 Å². The first kappa shape index (κ1) is 25.4. The Kier molecular flexibility index (Phi) is 7.20. The normalized spacial score (nSPS) is 17.1. The summed E-state index contributed by atoms with van der Waals surface area (Å²) in [7, 11) is 0. The van der Waals surface area contributed by atoms with Crippen LogP contribution in [0.5, 0.6) is 0 Å². The van der Waals surface area contributed by atoms with E-state index in [0.717, 1.165) is 48.7 Å². The first-order valence-corrected chi connectivity index (χ1v) is 13.8. The average molecular weight is 590 g/mol. The Hall–Kier alpha value is -3.90. The van der Waals surface area contributed by atoms with Crippen molar-refractivity contribution in [3.8, 4) is 11.4 Å². The highest BCUT2D eigenvalue weighted by atomic mass is 79.9. The van der Waals surface area contributed by atoms with E-state index in [9.17, 15) is 4.79 Å². The lowest BCUT2D eigenvalue weighted by molar-refractivity contribution is 0.0924. The number of H-pyrrole nitrogens is 1. The summed E-state index contributed by atoms with van der Waals surface area (Å²) < 4.78 is 6.25. The smallest absolute Gasteiger partial charge is 0.253 e. The fourth-order valence-corrected chi connectivity index (χ4v) is 5.39. The zero-order chi connectivity index (χ0) is 26.8. The third-order valence-corrected chi connectivity index (χ3v) is 7.37. The first-order valence-electron chi connectivity index (χ1n) is 13.0. The standard InChI is InChI=1S/C27H28BrN9O2/c1-2-19-16-39-13-12-37(19)25-20-8-11-36(27-29-9-3-10-30-27)15-21(20)32-24(35-25)17-4-6-18(7-5-17)31-26-33-22(28)14-23(38)34-26/h3-7,9-10,14,19H,2,8,11-13,15-16H2,1H3,(H2,31,33,34,38)/t19-/m0/s1. The van der Waals surface area contributed by atoms with E-state index in [1.807, 2.05) is 30.3 Å². The van der Waals surface area contributed by atoms with E-state index in [0.29, 0.717) is 42.1 Å². The van der Waals surface area contributed by atoms with Gasteiger partial charge in [-0.15, -0.1) is 0 Å². The summed E-state index contributed by atoms with van der Waals surface area (Å²) in [5.41, 5.74) is 3.62. The van der Waals surface area contributed by atoms with Crippen molar-refractivity contribution in [1.29, 1.82) is 0 Å². The number of hydrogen-bond acceptors (Lipinski definition) is 10.